The average molecular weight is 299 g/mol. The SMILES string of the molecule is COc1cc2c(cc1OC)[C@H](c1ccccc1)[N@@+](C)([O-])CC2. The number of hydroxylamine groups is 3. The molecular formula is C18H21NO3. The normalized spacial score (nSPS) is 23.7. The molecule has 0 saturated heterocycles. The molecule has 1 aliphatic heterocycles. The summed E-state index contributed by atoms with van der Waals surface area (Å²) in [7, 11) is 5.00. The van der Waals surface area contributed by atoms with Crippen LogP contribution in [0.2, 0.25) is 0 Å². The zero-order valence-corrected chi connectivity index (χ0v) is 13.2. The third-order valence-corrected chi connectivity index (χ3v) is 4.43. The first-order valence-electron chi connectivity index (χ1n) is 7.43. The maximum absolute atomic E-state index is 13.0. The van der Waals surface area contributed by atoms with E-state index in [2.05, 4.69) is 0 Å². The van der Waals surface area contributed by atoms with Gasteiger partial charge in [-0.05, 0) is 17.7 Å². The predicted octanol–water partition coefficient (Wildman–Crippen LogP) is 3.29. The molecule has 22 heavy (non-hydrogen) atoms. The summed E-state index contributed by atoms with van der Waals surface area (Å²) < 4.78 is 10.5. The van der Waals surface area contributed by atoms with E-state index in [1.54, 1.807) is 21.3 Å². The smallest absolute Gasteiger partial charge is 0.161 e. The second-order valence-electron chi connectivity index (χ2n) is 5.87. The van der Waals surface area contributed by atoms with Crippen molar-refractivity contribution < 1.29 is 14.1 Å². The second kappa shape index (κ2) is 5.63. The zero-order valence-electron chi connectivity index (χ0n) is 13.2. The van der Waals surface area contributed by atoms with Crippen LogP contribution in [0.3, 0.4) is 0 Å². The van der Waals surface area contributed by atoms with E-state index in [1.807, 2.05) is 42.5 Å². The van der Waals surface area contributed by atoms with Crippen molar-refractivity contribution in [1.82, 2.24) is 0 Å². The molecule has 0 saturated carbocycles. The Morgan fingerprint density at radius 2 is 1.68 bits per heavy atom. The number of rotatable bonds is 3. The van der Waals surface area contributed by atoms with Crippen LogP contribution >= 0.6 is 0 Å². The molecule has 0 aromatic heterocycles. The molecular weight excluding hydrogens is 278 g/mol. The Morgan fingerprint density at radius 3 is 2.32 bits per heavy atom. The van der Waals surface area contributed by atoms with Crippen molar-refractivity contribution in [2.45, 2.75) is 12.5 Å². The summed E-state index contributed by atoms with van der Waals surface area (Å²) in [5.74, 6) is 1.39. The Kier molecular flexibility index (Phi) is 3.81. The number of benzene rings is 2. The number of ether oxygens (including phenoxy) is 2. The summed E-state index contributed by atoms with van der Waals surface area (Å²) in [5, 5.41) is 13.0. The zero-order chi connectivity index (χ0) is 15.7. The van der Waals surface area contributed by atoms with E-state index in [0.29, 0.717) is 12.3 Å². The van der Waals surface area contributed by atoms with Crippen LogP contribution in [0.25, 0.3) is 0 Å². The maximum Gasteiger partial charge on any atom is 0.161 e. The van der Waals surface area contributed by atoms with Crippen LogP contribution in [0.4, 0.5) is 0 Å². The summed E-state index contributed by atoms with van der Waals surface area (Å²) in [5.41, 5.74) is 3.23. The second-order valence-corrected chi connectivity index (χ2v) is 5.87. The van der Waals surface area contributed by atoms with E-state index in [1.165, 1.54) is 0 Å². The van der Waals surface area contributed by atoms with Gasteiger partial charge in [0, 0.05) is 17.5 Å². The monoisotopic (exact) mass is 299 g/mol. The molecule has 0 spiro atoms. The third-order valence-electron chi connectivity index (χ3n) is 4.43. The lowest BCUT2D eigenvalue weighted by Crippen LogP contribution is -2.46. The fourth-order valence-electron chi connectivity index (χ4n) is 3.30. The van der Waals surface area contributed by atoms with E-state index in [9.17, 15) is 5.21 Å². The van der Waals surface area contributed by atoms with Gasteiger partial charge in [-0.2, -0.15) is 0 Å². The fraction of sp³-hybridized carbons (Fsp3) is 0.333. The van der Waals surface area contributed by atoms with Crippen molar-refractivity contribution in [2.24, 2.45) is 0 Å². The summed E-state index contributed by atoms with van der Waals surface area (Å²) in [4.78, 5) is 0. The van der Waals surface area contributed by atoms with Crippen molar-refractivity contribution in [2.75, 3.05) is 27.8 Å². The minimum absolute atomic E-state index is 0.232. The standard InChI is InChI=1S/C18H21NO3/c1-19(20)10-9-14-11-16(21-2)17(22-3)12-15(14)18(19)13-7-5-4-6-8-13/h4-8,11-12,18H,9-10H2,1-3H3/t18-,19-/m0/s1. The molecule has 4 heteroatoms. The van der Waals surface area contributed by atoms with Crippen LogP contribution in [-0.4, -0.2) is 32.5 Å². The van der Waals surface area contributed by atoms with Gasteiger partial charge in [0.05, 0.1) is 27.8 Å². The average Bonchev–Trinajstić information content (AvgIpc) is 2.53. The van der Waals surface area contributed by atoms with Crippen LogP contribution in [-0.2, 0) is 6.42 Å². The number of quaternary nitrogens is 1. The number of fused-ring (bicyclic) bond motifs is 1. The Balaban J connectivity index is 2.18. The number of hydrogen-bond donors (Lipinski definition) is 0. The van der Waals surface area contributed by atoms with E-state index < -0.39 is 0 Å². The summed E-state index contributed by atoms with van der Waals surface area (Å²) in [6.45, 7) is 0.558. The van der Waals surface area contributed by atoms with Crippen molar-refractivity contribution >= 4 is 0 Å². The highest BCUT2D eigenvalue weighted by atomic mass is 16.5. The highest BCUT2D eigenvalue weighted by Gasteiger charge is 2.35. The molecule has 116 valence electrons. The van der Waals surface area contributed by atoms with Gasteiger partial charge in [-0.15, -0.1) is 0 Å². The van der Waals surface area contributed by atoms with Gasteiger partial charge in [0.1, 0.15) is 6.04 Å². The molecule has 1 aliphatic rings. The van der Waals surface area contributed by atoms with Crippen molar-refractivity contribution in [3.63, 3.8) is 0 Å². The lowest BCUT2D eigenvalue weighted by Gasteiger charge is -2.49. The van der Waals surface area contributed by atoms with Crippen molar-refractivity contribution in [1.29, 1.82) is 0 Å². The molecule has 0 fully saturated rings. The summed E-state index contributed by atoms with van der Waals surface area (Å²) in [6, 6.07) is 13.7. The Bertz CT molecular complexity index is 668. The summed E-state index contributed by atoms with van der Waals surface area (Å²) in [6.07, 6.45) is 0.749. The van der Waals surface area contributed by atoms with E-state index >= 15 is 0 Å². The number of likely N-dealkylation sites (N-methyl/N-ethyl adjacent to an activating group) is 1. The molecule has 2 atom stereocenters. The van der Waals surface area contributed by atoms with Crippen LogP contribution in [0.5, 0.6) is 11.5 Å². The first-order valence-corrected chi connectivity index (χ1v) is 7.43. The van der Waals surface area contributed by atoms with Gasteiger partial charge in [-0.3, -0.25) is 0 Å². The number of methoxy groups -OCH3 is 2. The van der Waals surface area contributed by atoms with Crippen LogP contribution in [0, 0.1) is 5.21 Å². The van der Waals surface area contributed by atoms with Crippen LogP contribution in [0.15, 0.2) is 42.5 Å². The van der Waals surface area contributed by atoms with Gasteiger partial charge in [-0.25, -0.2) is 0 Å². The van der Waals surface area contributed by atoms with Gasteiger partial charge >= 0.3 is 0 Å². The van der Waals surface area contributed by atoms with Crippen molar-refractivity contribution in [3.05, 3.63) is 64.4 Å². The molecule has 0 bridgehead atoms. The molecule has 0 radical (unpaired) electrons. The maximum atomic E-state index is 13.0. The van der Waals surface area contributed by atoms with Gasteiger partial charge in [0.25, 0.3) is 0 Å². The van der Waals surface area contributed by atoms with Crippen LogP contribution in [0.1, 0.15) is 22.7 Å². The molecule has 0 unspecified atom stereocenters. The number of nitrogens with zero attached hydrogens (tertiary/aromatic N) is 1. The molecule has 1 heterocycles. The van der Waals surface area contributed by atoms with Gasteiger partial charge < -0.3 is 19.3 Å². The fourth-order valence-corrected chi connectivity index (χ4v) is 3.30. The quantitative estimate of drug-likeness (QED) is 0.645. The Labute approximate surface area is 131 Å². The largest absolute Gasteiger partial charge is 0.632 e. The molecule has 2 aromatic carbocycles. The van der Waals surface area contributed by atoms with Crippen LogP contribution < -0.4 is 9.47 Å². The van der Waals surface area contributed by atoms with Gasteiger partial charge in [0.2, 0.25) is 0 Å². The van der Waals surface area contributed by atoms with Crippen molar-refractivity contribution in [3.8, 4) is 11.5 Å². The van der Waals surface area contributed by atoms with E-state index in [0.717, 1.165) is 28.9 Å². The van der Waals surface area contributed by atoms with Gasteiger partial charge in [0.15, 0.2) is 11.5 Å². The predicted molar refractivity (Wildman–Crippen MR) is 86.0 cm³/mol. The molecule has 0 aliphatic carbocycles. The molecule has 3 rings (SSSR count). The highest BCUT2D eigenvalue weighted by molar-refractivity contribution is 5.50. The Morgan fingerprint density at radius 1 is 1.05 bits per heavy atom. The number of hydrogen-bond acceptors (Lipinski definition) is 3. The molecule has 2 aromatic rings. The molecule has 0 N–H and O–H groups in total. The van der Waals surface area contributed by atoms with E-state index in [4.69, 9.17) is 9.47 Å². The lowest BCUT2D eigenvalue weighted by molar-refractivity contribution is -0.888. The Hall–Kier alpha value is -2.04. The lowest BCUT2D eigenvalue weighted by atomic mass is 9.87. The topological polar surface area (TPSA) is 41.5 Å². The van der Waals surface area contributed by atoms with E-state index in [-0.39, 0.29) is 10.7 Å². The molecule has 4 nitrogen and oxygen atoms in total. The molecule has 0 amide bonds. The first kappa shape index (κ1) is 14.9. The highest BCUT2D eigenvalue weighted by Crippen LogP contribution is 2.43. The third kappa shape index (κ3) is 2.45. The summed E-state index contributed by atoms with van der Waals surface area (Å²) >= 11 is 0. The first-order chi connectivity index (χ1) is 10.6. The van der Waals surface area contributed by atoms with Gasteiger partial charge in [-0.1, -0.05) is 30.3 Å². The minimum Gasteiger partial charge on any atom is -0.632 e. The minimum atomic E-state index is -0.299.